The Bertz CT molecular complexity index is 613. The highest BCUT2D eigenvalue weighted by molar-refractivity contribution is 14.1. The summed E-state index contributed by atoms with van der Waals surface area (Å²) in [6, 6.07) is 5.74. The Morgan fingerprint density at radius 1 is 1.45 bits per heavy atom. The van der Waals surface area contributed by atoms with Crippen molar-refractivity contribution < 1.29 is 13.2 Å². The summed E-state index contributed by atoms with van der Waals surface area (Å²) >= 11 is 2.23. The third kappa shape index (κ3) is 3.12. The first kappa shape index (κ1) is 16.0. The van der Waals surface area contributed by atoms with Crippen LogP contribution in [0.4, 0.5) is 0 Å². The number of halogens is 1. The van der Waals surface area contributed by atoms with Gasteiger partial charge in [0, 0.05) is 22.6 Å². The Labute approximate surface area is 134 Å². The first-order valence-corrected chi connectivity index (χ1v) is 9.29. The number of nitrogens with zero attached hydrogens (tertiary/aromatic N) is 1. The van der Waals surface area contributed by atoms with Gasteiger partial charge in [0.15, 0.2) is 0 Å². The van der Waals surface area contributed by atoms with Gasteiger partial charge < -0.3 is 4.74 Å². The summed E-state index contributed by atoms with van der Waals surface area (Å²) in [5, 5.41) is 0. The van der Waals surface area contributed by atoms with Gasteiger partial charge in [-0.15, -0.1) is 0 Å². The number of rotatable bonds is 3. The molecule has 1 atom stereocenters. The highest BCUT2D eigenvalue weighted by Crippen LogP contribution is 2.43. The number of fused-ring (bicyclic) bond motifs is 1. The molecule has 0 bridgehead atoms. The van der Waals surface area contributed by atoms with Gasteiger partial charge in [-0.05, 0) is 61.6 Å². The molecular weight excluding hydrogens is 389 g/mol. The topological polar surface area (TPSA) is 46.6 Å². The molecule has 1 unspecified atom stereocenters. The van der Waals surface area contributed by atoms with Gasteiger partial charge in [0.05, 0.1) is 11.8 Å². The molecule has 1 aliphatic rings. The minimum Gasteiger partial charge on any atom is -0.487 e. The van der Waals surface area contributed by atoms with Crippen LogP contribution in [0.2, 0.25) is 0 Å². The summed E-state index contributed by atoms with van der Waals surface area (Å²) < 4.78 is 32.9. The van der Waals surface area contributed by atoms with E-state index < -0.39 is 10.0 Å². The van der Waals surface area contributed by atoms with Crippen molar-refractivity contribution in [1.82, 2.24) is 4.31 Å². The van der Waals surface area contributed by atoms with Gasteiger partial charge in [-0.3, -0.25) is 0 Å². The fourth-order valence-corrected chi connectivity index (χ4v) is 4.01. The first-order chi connectivity index (χ1) is 9.16. The predicted octanol–water partition coefficient (Wildman–Crippen LogP) is 3.17. The Kier molecular flexibility index (Phi) is 4.37. The normalized spacial score (nSPS) is 21.4. The van der Waals surface area contributed by atoms with Crippen LogP contribution in [0, 0.1) is 3.57 Å². The molecule has 0 N–H and O–H groups in total. The van der Waals surface area contributed by atoms with Crippen molar-refractivity contribution in [3.63, 3.8) is 0 Å². The molecule has 0 amide bonds. The van der Waals surface area contributed by atoms with Crippen molar-refractivity contribution in [2.45, 2.75) is 38.8 Å². The zero-order valence-electron chi connectivity index (χ0n) is 12.2. The smallest absolute Gasteiger partial charge is 0.214 e. The van der Waals surface area contributed by atoms with Crippen LogP contribution in [0.3, 0.4) is 0 Å². The fraction of sp³-hybridized carbons (Fsp3) is 0.571. The van der Waals surface area contributed by atoms with Gasteiger partial charge in [0.1, 0.15) is 11.4 Å². The van der Waals surface area contributed by atoms with Crippen LogP contribution in [0.1, 0.15) is 38.8 Å². The SMILES string of the molecule is CCS(=O)(=O)N(C)C1CC(C)(C)Oc2ccc(I)cc21. The lowest BCUT2D eigenvalue weighted by Gasteiger charge is -2.40. The van der Waals surface area contributed by atoms with E-state index in [1.54, 1.807) is 14.0 Å². The zero-order chi connectivity index (χ0) is 15.1. The zero-order valence-corrected chi connectivity index (χ0v) is 15.2. The van der Waals surface area contributed by atoms with E-state index in [9.17, 15) is 8.42 Å². The van der Waals surface area contributed by atoms with Crippen molar-refractivity contribution in [2.24, 2.45) is 0 Å². The molecule has 0 fully saturated rings. The van der Waals surface area contributed by atoms with Gasteiger partial charge >= 0.3 is 0 Å². The average molecular weight is 409 g/mol. The molecule has 0 aromatic heterocycles. The average Bonchev–Trinajstić information content (AvgIpc) is 2.37. The Morgan fingerprint density at radius 2 is 2.10 bits per heavy atom. The maximum absolute atomic E-state index is 12.2. The van der Waals surface area contributed by atoms with Gasteiger partial charge in [0.2, 0.25) is 10.0 Å². The first-order valence-electron chi connectivity index (χ1n) is 6.60. The summed E-state index contributed by atoms with van der Waals surface area (Å²) in [6.07, 6.45) is 0.649. The van der Waals surface area contributed by atoms with E-state index in [4.69, 9.17) is 4.74 Å². The molecule has 0 radical (unpaired) electrons. The van der Waals surface area contributed by atoms with E-state index >= 15 is 0 Å². The van der Waals surface area contributed by atoms with Crippen LogP contribution >= 0.6 is 22.6 Å². The van der Waals surface area contributed by atoms with Crippen molar-refractivity contribution in [3.05, 3.63) is 27.3 Å². The molecule has 112 valence electrons. The lowest BCUT2D eigenvalue weighted by Crippen LogP contribution is -2.42. The molecule has 0 spiro atoms. The van der Waals surface area contributed by atoms with E-state index in [0.29, 0.717) is 6.42 Å². The van der Waals surface area contributed by atoms with E-state index in [-0.39, 0.29) is 17.4 Å². The minimum atomic E-state index is -3.23. The maximum Gasteiger partial charge on any atom is 0.214 e. The summed E-state index contributed by atoms with van der Waals surface area (Å²) in [5.74, 6) is 0.894. The second-order valence-electron chi connectivity index (χ2n) is 5.68. The lowest BCUT2D eigenvalue weighted by atomic mass is 9.90. The molecule has 0 saturated carbocycles. The number of benzene rings is 1. The van der Waals surface area contributed by atoms with Crippen molar-refractivity contribution in [2.75, 3.05) is 12.8 Å². The van der Waals surface area contributed by atoms with Crippen LogP contribution in [-0.4, -0.2) is 31.1 Å². The molecule has 1 aromatic rings. The largest absolute Gasteiger partial charge is 0.487 e. The third-order valence-corrected chi connectivity index (χ3v) is 6.18. The highest BCUT2D eigenvalue weighted by atomic mass is 127. The summed E-state index contributed by atoms with van der Waals surface area (Å²) in [5.41, 5.74) is 0.581. The van der Waals surface area contributed by atoms with Crippen molar-refractivity contribution in [3.8, 4) is 5.75 Å². The van der Waals surface area contributed by atoms with Gasteiger partial charge in [-0.25, -0.2) is 8.42 Å². The molecule has 4 nitrogen and oxygen atoms in total. The molecule has 1 aliphatic heterocycles. The van der Waals surface area contributed by atoms with E-state index in [0.717, 1.165) is 14.9 Å². The molecule has 1 heterocycles. The molecule has 0 aliphatic carbocycles. The molecule has 1 aromatic carbocycles. The minimum absolute atomic E-state index is 0.112. The fourth-order valence-electron chi connectivity index (χ4n) is 2.51. The van der Waals surface area contributed by atoms with Gasteiger partial charge in [-0.2, -0.15) is 4.31 Å². The quantitative estimate of drug-likeness (QED) is 0.721. The second-order valence-corrected chi connectivity index (χ2v) is 9.24. The van der Waals surface area contributed by atoms with Crippen molar-refractivity contribution in [1.29, 1.82) is 0 Å². The van der Waals surface area contributed by atoms with Crippen LogP contribution < -0.4 is 4.74 Å². The molecule has 0 saturated heterocycles. The number of ether oxygens (including phenoxy) is 1. The number of sulfonamides is 1. The molecule has 2 rings (SSSR count). The molecule has 20 heavy (non-hydrogen) atoms. The van der Waals surface area contributed by atoms with Crippen LogP contribution in [0.15, 0.2) is 18.2 Å². The van der Waals surface area contributed by atoms with E-state index in [2.05, 4.69) is 22.6 Å². The second kappa shape index (κ2) is 5.46. The van der Waals surface area contributed by atoms with Gasteiger partial charge in [0.25, 0.3) is 0 Å². The monoisotopic (exact) mass is 409 g/mol. The maximum atomic E-state index is 12.2. The van der Waals surface area contributed by atoms with E-state index in [1.165, 1.54) is 4.31 Å². The van der Waals surface area contributed by atoms with Crippen LogP contribution in [-0.2, 0) is 10.0 Å². The van der Waals surface area contributed by atoms with Crippen LogP contribution in [0.25, 0.3) is 0 Å². The summed E-state index contributed by atoms with van der Waals surface area (Å²) in [4.78, 5) is 0. The van der Waals surface area contributed by atoms with Crippen molar-refractivity contribution >= 4 is 32.6 Å². The molecular formula is C14H20INO3S. The Hall–Kier alpha value is -0.340. The summed E-state index contributed by atoms with van der Waals surface area (Å²) in [6.45, 7) is 5.66. The van der Waals surface area contributed by atoms with Gasteiger partial charge in [-0.1, -0.05) is 0 Å². The van der Waals surface area contributed by atoms with E-state index in [1.807, 2.05) is 32.0 Å². The number of hydrogen-bond donors (Lipinski definition) is 0. The Balaban J connectivity index is 2.51. The molecule has 6 heteroatoms. The van der Waals surface area contributed by atoms with Crippen LogP contribution in [0.5, 0.6) is 5.75 Å². The predicted molar refractivity (Wildman–Crippen MR) is 88.4 cm³/mol. The highest BCUT2D eigenvalue weighted by Gasteiger charge is 2.38. The third-order valence-electron chi connectivity index (χ3n) is 3.64. The number of hydrogen-bond acceptors (Lipinski definition) is 3. The Morgan fingerprint density at radius 3 is 2.70 bits per heavy atom. The lowest BCUT2D eigenvalue weighted by molar-refractivity contribution is 0.0541. The standard InChI is InChI=1S/C14H20INO3S/c1-5-20(17,18)16(4)12-9-14(2,3)19-13-7-6-10(15)8-11(12)13/h6-8,12H,5,9H2,1-4H3. The summed E-state index contributed by atoms with van der Waals surface area (Å²) in [7, 11) is -1.57.